The third-order valence-corrected chi connectivity index (χ3v) is 3.08. The molecule has 0 fully saturated rings. The van der Waals surface area contributed by atoms with Crippen LogP contribution in [0.5, 0.6) is 0 Å². The Morgan fingerprint density at radius 2 is 2.26 bits per heavy atom. The summed E-state index contributed by atoms with van der Waals surface area (Å²) in [4.78, 5) is 25.9. The lowest BCUT2D eigenvalue weighted by Gasteiger charge is -2.05. The number of nitrogens with one attached hydrogen (secondary N) is 2. The van der Waals surface area contributed by atoms with Gasteiger partial charge in [0, 0.05) is 38.5 Å². The van der Waals surface area contributed by atoms with E-state index in [1.165, 1.54) is 0 Å². The topological polar surface area (TPSA) is 101 Å². The van der Waals surface area contributed by atoms with Crippen molar-refractivity contribution in [2.75, 3.05) is 26.8 Å². The Hall–Kier alpha value is -1.51. The maximum Gasteiger partial charge on any atom is 0.365 e. The van der Waals surface area contributed by atoms with Crippen LogP contribution >= 0.6 is 11.3 Å². The van der Waals surface area contributed by atoms with Crippen molar-refractivity contribution in [3.63, 3.8) is 0 Å². The fraction of sp³-hybridized carbons (Fsp3) is 0.545. The number of ether oxygens (including phenoxy) is 1. The van der Waals surface area contributed by atoms with Gasteiger partial charge in [-0.25, -0.2) is 9.78 Å². The molecule has 1 aromatic heterocycles. The van der Waals surface area contributed by atoms with E-state index in [0.29, 0.717) is 38.4 Å². The van der Waals surface area contributed by atoms with Crippen molar-refractivity contribution in [3.05, 3.63) is 16.1 Å². The number of hydrogen-bond acceptors (Lipinski definition) is 6. The van der Waals surface area contributed by atoms with Gasteiger partial charge in [0.25, 0.3) is 0 Å². The highest BCUT2D eigenvalue weighted by atomic mass is 32.1. The molecule has 3 N–H and O–H groups in total. The zero-order valence-electron chi connectivity index (χ0n) is 10.6. The normalized spacial score (nSPS) is 10.4. The van der Waals surface area contributed by atoms with E-state index in [4.69, 9.17) is 9.84 Å². The van der Waals surface area contributed by atoms with Crippen LogP contribution in [0.1, 0.15) is 21.9 Å². The number of aromatic carboxylic acids is 1. The van der Waals surface area contributed by atoms with Crippen LogP contribution in [0.25, 0.3) is 0 Å². The summed E-state index contributed by atoms with van der Waals surface area (Å²) < 4.78 is 4.81. The lowest BCUT2D eigenvalue weighted by atomic mass is 10.3. The molecule has 0 atom stereocenters. The minimum Gasteiger partial charge on any atom is -0.476 e. The Bertz CT molecular complexity index is 422. The van der Waals surface area contributed by atoms with Gasteiger partial charge in [0.1, 0.15) is 0 Å². The number of carbonyl (C=O) groups is 2. The molecule has 0 bridgehead atoms. The van der Waals surface area contributed by atoms with E-state index in [-0.39, 0.29) is 10.9 Å². The van der Waals surface area contributed by atoms with Gasteiger partial charge in [0.05, 0.1) is 12.3 Å². The van der Waals surface area contributed by atoms with Gasteiger partial charge in [-0.2, -0.15) is 0 Å². The molecular formula is C11H17N3O4S. The Labute approximate surface area is 115 Å². The summed E-state index contributed by atoms with van der Waals surface area (Å²) in [5.74, 6) is -1.07. The molecular weight excluding hydrogens is 270 g/mol. The molecule has 106 valence electrons. The molecule has 0 spiro atoms. The molecule has 1 heterocycles. The van der Waals surface area contributed by atoms with Crippen LogP contribution in [0.15, 0.2) is 5.38 Å². The highest BCUT2D eigenvalue weighted by Crippen LogP contribution is 2.08. The highest BCUT2D eigenvalue weighted by molar-refractivity contribution is 7.11. The summed E-state index contributed by atoms with van der Waals surface area (Å²) in [6.07, 6.45) is 0.361. The van der Waals surface area contributed by atoms with Gasteiger partial charge in [-0.3, -0.25) is 4.79 Å². The summed E-state index contributed by atoms with van der Waals surface area (Å²) in [6, 6.07) is 0. The Morgan fingerprint density at radius 1 is 1.47 bits per heavy atom. The van der Waals surface area contributed by atoms with Gasteiger partial charge in [0.15, 0.2) is 0 Å². The molecule has 7 nitrogen and oxygen atoms in total. The predicted octanol–water partition coefficient (Wildman–Crippen LogP) is 0.0836. The van der Waals surface area contributed by atoms with E-state index < -0.39 is 5.97 Å². The summed E-state index contributed by atoms with van der Waals surface area (Å²) in [7, 11) is 1.58. The van der Waals surface area contributed by atoms with Gasteiger partial charge in [0.2, 0.25) is 10.9 Å². The smallest absolute Gasteiger partial charge is 0.365 e. The first kappa shape index (κ1) is 15.5. The molecule has 0 aliphatic heterocycles. The van der Waals surface area contributed by atoms with Crippen molar-refractivity contribution >= 4 is 23.2 Å². The first-order valence-electron chi connectivity index (χ1n) is 5.77. The van der Waals surface area contributed by atoms with E-state index >= 15 is 0 Å². The van der Waals surface area contributed by atoms with Gasteiger partial charge in [-0.1, -0.05) is 0 Å². The number of rotatable bonds is 9. The maximum atomic E-state index is 11.3. The van der Waals surface area contributed by atoms with Crippen LogP contribution in [0, 0.1) is 0 Å². The van der Waals surface area contributed by atoms with Gasteiger partial charge in [-0.15, -0.1) is 11.3 Å². The van der Waals surface area contributed by atoms with Crippen molar-refractivity contribution in [1.82, 2.24) is 15.6 Å². The standard InChI is InChI=1S/C11H17N3O4S/c1-18-5-4-13-9(15)2-3-12-6-8-7-19-10(14-8)11(16)17/h7,12H,2-6H2,1H3,(H,13,15)(H,16,17). The first-order chi connectivity index (χ1) is 9.13. The van der Waals surface area contributed by atoms with Crippen molar-refractivity contribution in [2.24, 2.45) is 0 Å². The van der Waals surface area contributed by atoms with E-state index in [0.717, 1.165) is 11.3 Å². The quantitative estimate of drug-likeness (QED) is 0.556. The number of nitrogens with zero attached hydrogens (tertiary/aromatic N) is 1. The summed E-state index contributed by atoms with van der Waals surface area (Å²) in [6.45, 7) is 1.97. The van der Waals surface area contributed by atoms with Crippen LogP contribution in [-0.4, -0.2) is 48.8 Å². The van der Waals surface area contributed by atoms with Crippen LogP contribution in [-0.2, 0) is 16.1 Å². The maximum absolute atomic E-state index is 11.3. The molecule has 0 saturated carbocycles. The highest BCUT2D eigenvalue weighted by Gasteiger charge is 2.08. The lowest BCUT2D eigenvalue weighted by molar-refractivity contribution is -0.121. The van der Waals surface area contributed by atoms with Crippen molar-refractivity contribution in [1.29, 1.82) is 0 Å². The van der Waals surface area contributed by atoms with Gasteiger partial charge < -0.3 is 20.5 Å². The van der Waals surface area contributed by atoms with Crippen molar-refractivity contribution < 1.29 is 19.4 Å². The summed E-state index contributed by atoms with van der Waals surface area (Å²) in [5, 5.41) is 16.2. The summed E-state index contributed by atoms with van der Waals surface area (Å²) >= 11 is 1.09. The minimum atomic E-state index is -1.02. The number of amides is 1. The molecule has 0 saturated heterocycles. The van der Waals surface area contributed by atoms with E-state index in [9.17, 15) is 9.59 Å². The first-order valence-corrected chi connectivity index (χ1v) is 6.65. The molecule has 0 unspecified atom stereocenters. The number of hydrogen-bond donors (Lipinski definition) is 3. The second-order valence-corrected chi connectivity index (χ2v) is 4.58. The zero-order chi connectivity index (χ0) is 14.1. The molecule has 1 rings (SSSR count). The van der Waals surface area contributed by atoms with Crippen LogP contribution in [0.3, 0.4) is 0 Å². The fourth-order valence-corrected chi connectivity index (χ4v) is 1.94. The number of methoxy groups -OCH3 is 1. The van der Waals surface area contributed by atoms with E-state index in [2.05, 4.69) is 15.6 Å². The lowest BCUT2D eigenvalue weighted by Crippen LogP contribution is -2.30. The minimum absolute atomic E-state index is 0.0472. The molecule has 0 radical (unpaired) electrons. The molecule has 0 aliphatic rings. The average Bonchev–Trinajstić information content (AvgIpc) is 2.84. The van der Waals surface area contributed by atoms with Gasteiger partial charge >= 0.3 is 5.97 Å². The second kappa shape index (κ2) is 8.57. The second-order valence-electron chi connectivity index (χ2n) is 3.72. The SMILES string of the molecule is COCCNC(=O)CCNCc1csc(C(=O)O)n1. The number of carboxylic acid groups (broad SMARTS) is 1. The van der Waals surface area contributed by atoms with Crippen molar-refractivity contribution in [3.8, 4) is 0 Å². The Kier molecular flexibility index (Phi) is 7.01. The largest absolute Gasteiger partial charge is 0.476 e. The number of thiazole rings is 1. The Balaban J connectivity index is 2.13. The fourth-order valence-electron chi connectivity index (χ4n) is 1.29. The van der Waals surface area contributed by atoms with Crippen LogP contribution < -0.4 is 10.6 Å². The molecule has 19 heavy (non-hydrogen) atoms. The van der Waals surface area contributed by atoms with Crippen LogP contribution in [0.4, 0.5) is 0 Å². The molecule has 0 aliphatic carbocycles. The predicted molar refractivity (Wildman–Crippen MR) is 70.3 cm³/mol. The molecule has 0 aromatic carbocycles. The van der Waals surface area contributed by atoms with Gasteiger partial charge in [-0.05, 0) is 0 Å². The van der Waals surface area contributed by atoms with Crippen molar-refractivity contribution in [2.45, 2.75) is 13.0 Å². The zero-order valence-corrected chi connectivity index (χ0v) is 11.5. The van der Waals surface area contributed by atoms with Crippen LogP contribution in [0.2, 0.25) is 0 Å². The number of carbonyl (C=O) groups excluding carboxylic acids is 1. The third kappa shape index (κ3) is 6.27. The third-order valence-electron chi connectivity index (χ3n) is 2.20. The monoisotopic (exact) mass is 287 g/mol. The van der Waals surface area contributed by atoms with E-state index in [1.807, 2.05) is 0 Å². The number of aromatic nitrogens is 1. The molecule has 8 heteroatoms. The average molecular weight is 287 g/mol. The summed E-state index contributed by atoms with van der Waals surface area (Å²) in [5.41, 5.74) is 0.669. The molecule has 1 amide bonds. The molecule has 1 aromatic rings. The Morgan fingerprint density at radius 3 is 2.89 bits per heavy atom. The van der Waals surface area contributed by atoms with E-state index in [1.54, 1.807) is 12.5 Å². The number of carboxylic acids is 1.